The molecule has 2 heteroatoms. The van der Waals surface area contributed by atoms with E-state index in [9.17, 15) is 0 Å². The maximum absolute atomic E-state index is 5.54. The number of pyridine rings is 1. The van der Waals surface area contributed by atoms with E-state index in [1.165, 1.54) is 5.56 Å². The van der Waals surface area contributed by atoms with Crippen LogP contribution in [0.5, 0.6) is 0 Å². The van der Waals surface area contributed by atoms with Crippen LogP contribution >= 0.6 is 0 Å². The van der Waals surface area contributed by atoms with E-state index in [-0.39, 0.29) is 0 Å². The fraction of sp³-hybridized carbons (Fsp3) is 0.182. The van der Waals surface area contributed by atoms with Crippen LogP contribution in [-0.4, -0.2) is 4.98 Å². The van der Waals surface area contributed by atoms with Gasteiger partial charge in [-0.3, -0.25) is 4.98 Å². The van der Waals surface area contributed by atoms with E-state index in [1.54, 1.807) is 0 Å². The molecule has 0 aliphatic heterocycles. The average Bonchev–Trinajstić information content (AvgIpc) is 2.41. The first-order valence-electron chi connectivity index (χ1n) is 4.41. The molecule has 0 saturated carbocycles. The van der Waals surface area contributed by atoms with Gasteiger partial charge in [-0.05, 0) is 17.2 Å². The van der Waals surface area contributed by atoms with E-state index in [4.69, 9.17) is 5.73 Å². The SMILES string of the molecule is NCc1cnc2c(c1)C=CC=CC2. The van der Waals surface area contributed by atoms with Crippen molar-refractivity contribution in [2.24, 2.45) is 5.73 Å². The summed E-state index contributed by atoms with van der Waals surface area (Å²) in [6, 6.07) is 2.10. The van der Waals surface area contributed by atoms with Gasteiger partial charge in [-0.1, -0.05) is 24.3 Å². The van der Waals surface area contributed by atoms with Gasteiger partial charge in [-0.2, -0.15) is 0 Å². The van der Waals surface area contributed by atoms with Crippen LogP contribution in [0, 0.1) is 0 Å². The lowest BCUT2D eigenvalue weighted by atomic mass is 10.1. The number of nitrogens with two attached hydrogens (primary N) is 1. The number of rotatable bonds is 1. The van der Waals surface area contributed by atoms with Crippen molar-refractivity contribution in [3.8, 4) is 0 Å². The molecule has 0 saturated heterocycles. The van der Waals surface area contributed by atoms with Crippen LogP contribution < -0.4 is 5.73 Å². The Hall–Kier alpha value is -1.41. The molecule has 2 N–H and O–H groups in total. The zero-order valence-electron chi connectivity index (χ0n) is 7.40. The highest BCUT2D eigenvalue weighted by molar-refractivity contribution is 5.56. The van der Waals surface area contributed by atoms with E-state index in [0.717, 1.165) is 17.7 Å². The zero-order chi connectivity index (χ0) is 9.10. The molecule has 1 aromatic rings. The van der Waals surface area contributed by atoms with Crippen molar-refractivity contribution in [1.29, 1.82) is 0 Å². The van der Waals surface area contributed by atoms with Gasteiger partial charge in [0.1, 0.15) is 0 Å². The normalized spacial score (nSPS) is 13.9. The van der Waals surface area contributed by atoms with Gasteiger partial charge in [-0.15, -0.1) is 0 Å². The minimum absolute atomic E-state index is 0.557. The van der Waals surface area contributed by atoms with Gasteiger partial charge in [0.2, 0.25) is 0 Å². The summed E-state index contributed by atoms with van der Waals surface area (Å²) in [5.41, 5.74) is 8.95. The molecule has 2 nitrogen and oxygen atoms in total. The number of nitrogens with zero attached hydrogens (tertiary/aromatic N) is 1. The Bertz CT molecular complexity index is 364. The molecule has 13 heavy (non-hydrogen) atoms. The second-order valence-electron chi connectivity index (χ2n) is 3.08. The van der Waals surface area contributed by atoms with Crippen LogP contribution in [0.2, 0.25) is 0 Å². The molecule has 0 fully saturated rings. The molecule has 1 heterocycles. The highest BCUT2D eigenvalue weighted by Gasteiger charge is 2.02. The summed E-state index contributed by atoms with van der Waals surface area (Å²) in [7, 11) is 0. The number of fused-ring (bicyclic) bond motifs is 1. The molecule has 0 bridgehead atoms. The van der Waals surface area contributed by atoms with Crippen LogP contribution in [0.25, 0.3) is 6.08 Å². The van der Waals surface area contributed by atoms with E-state index in [0.29, 0.717) is 6.54 Å². The lowest BCUT2D eigenvalue weighted by Crippen LogP contribution is -2.00. The van der Waals surface area contributed by atoms with Crippen molar-refractivity contribution in [2.45, 2.75) is 13.0 Å². The lowest BCUT2D eigenvalue weighted by molar-refractivity contribution is 1.01. The molecular weight excluding hydrogens is 160 g/mol. The molecular formula is C11H12N2. The standard InChI is InChI=1S/C11H12N2/c12-7-9-6-10-4-2-1-3-5-11(10)13-8-9/h1-4,6,8H,5,7,12H2. The Morgan fingerprint density at radius 2 is 2.31 bits per heavy atom. The van der Waals surface area contributed by atoms with Crippen molar-refractivity contribution in [2.75, 3.05) is 0 Å². The predicted octanol–water partition coefficient (Wildman–Crippen LogP) is 1.67. The number of aromatic nitrogens is 1. The second-order valence-corrected chi connectivity index (χ2v) is 3.08. The van der Waals surface area contributed by atoms with Crippen molar-refractivity contribution in [3.05, 3.63) is 47.3 Å². The summed E-state index contributed by atoms with van der Waals surface area (Å²) in [5, 5.41) is 0. The van der Waals surface area contributed by atoms with Gasteiger partial charge in [0.15, 0.2) is 0 Å². The van der Waals surface area contributed by atoms with Gasteiger partial charge < -0.3 is 5.73 Å². The van der Waals surface area contributed by atoms with Crippen LogP contribution in [0.4, 0.5) is 0 Å². The predicted molar refractivity (Wildman–Crippen MR) is 54.0 cm³/mol. The molecule has 0 atom stereocenters. The molecule has 2 rings (SSSR count). The topological polar surface area (TPSA) is 38.9 Å². The van der Waals surface area contributed by atoms with Crippen molar-refractivity contribution in [3.63, 3.8) is 0 Å². The number of allylic oxidation sites excluding steroid dienone is 3. The van der Waals surface area contributed by atoms with Gasteiger partial charge in [0.25, 0.3) is 0 Å². The molecule has 1 aliphatic rings. The molecule has 0 spiro atoms. The Balaban J connectivity index is 2.45. The molecule has 1 aliphatic carbocycles. The van der Waals surface area contributed by atoms with Crippen LogP contribution in [-0.2, 0) is 13.0 Å². The largest absolute Gasteiger partial charge is 0.326 e. The average molecular weight is 172 g/mol. The van der Waals surface area contributed by atoms with Gasteiger partial charge in [-0.25, -0.2) is 0 Å². The van der Waals surface area contributed by atoms with Crippen LogP contribution in [0.1, 0.15) is 16.8 Å². The summed E-state index contributed by atoms with van der Waals surface area (Å²) in [4.78, 5) is 4.37. The molecule has 66 valence electrons. The van der Waals surface area contributed by atoms with Gasteiger partial charge in [0.05, 0.1) is 5.69 Å². The highest BCUT2D eigenvalue weighted by atomic mass is 14.7. The molecule has 1 aromatic heterocycles. The maximum Gasteiger partial charge on any atom is 0.0513 e. The Morgan fingerprint density at radius 3 is 3.15 bits per heavy atom. The fourth-order valence-electron chi connectivity index (χ4n) is 1.40. The van der Waals surface area contributed by atoms with Gasteiger partial charge in [0, 0.05) is 19.2 Å². The molecule has 0 amide bonds. The first kappa shape index (κ1) is 8.20. The summed E-state index contributed by atoms with van der Waals surface area (Å²) in [6.45, 7) is 0.557. The minimum atomic E-state index is 0.557. The van der Waals surface area contributed by atoms with Crippen molar-refractivity contribution in [1.82, 2.24) is 4.98 Å². The molecule has 0 radical (unpaired) electrons. The first-order chi connectivity index (χ1) is 6.40. The van der Waals surface area contributed by atoms with E-state index in [2.05, 4.69) is 23.2 Å². The Kier molecular flexibility index (Phi) is 2.23. The monoisotopic (exact) mass is 172 g/mol. The first-order valence-corrected chi connectivity index (χ1v) is 4.41. The fourth-order valence-corrected chi connectivity index (χ4v) is 1.40. The number of hydrogen-bond donors (Lipinski definition) is 1. The Labute approximate surface area is 77.8 Å². The third-order valence-electron chi connectivity index (χ3n) is 2.13. The zero-order valence-corrected chi connectivity index (χ0v) is 7.40. The maximum atomic E-state index is 5.54. The van der Waals surface area contributed by atoms with Crippen LogP contribution in [0.3, 0.4) is 0 Å². The second kappa shape index (κ2) is 3.54. The highest BCUT2D eigenvalue weighted by Crippen LogP contribution is 2.14. The van der Waals surface area contributed by atoms with E-state index < -0.39 is 0 Å². The molecule has 0 aromatic carbocycles. The summed E-state index contributed by atoms with van der Waals surface area (Å²) < 4.78 is 0. The van der Waals surface area contributed by atoms with Gasteiger partial charge >= 0.3 is 0 Å². The molecule has 0 unspecified atom stereocenters. The third kappa shape index (κ3) is 1.68. The van der Waals surface area contributed by atoms with E-state index in [1.807, 2.05) is 18.3 Å². The van der Waals surface area contributed by atoms with Crippen molar-refractivity contribution >= 4 is 6.08 Å². The van der Waals surface area contributed by atoms with E-state index >= 15 is 0 Å². The summed E-state index contributed by atoms with van der Waals surface area (Å²) in [6.07, 6.45) is 11.0. The van der Waals surface area contributed by atoms with Crippen LogP contribution in [0.15, 0.2) is 30.5 Å². The summed E-state index contributed by atoms with van der Waals surface area (Å²) >= 11 is 0. The quantitative estimate of drug-likeness (QED) is 0.699. The minimum Gasteiger partial charge on any atom is -0.326 e. The Morgan fingerprint density at radius 1 is 1.38 bits per heavy atom. The smallest absolute Gasteiger partial charge is 0.0513 e. The summed E-state index contributed by atoms with van der Waals surface area (Å²) in [5.74, 6) is 0. The number of hydrogen-bond acceptors (Lipinski definition) is 2. The lowest BCUT2D eigenvalue weighted by Gasteiger charge is -2.03. The van der Waals surface area contributed by atoms with Crippen molar-refractivity contribution < 1.29 is 0 Å². The third-order valence-corrected chi connectivity index (χ3v) is 2.13.